The molecule has 1 atom stereocenters. The van der Waals surface area contributed by atoms with Gasteiger partial charge in [0.15, 0.2) is 0 Å². The third kappa shape index (κ3) is 4.28. The number of rotatable bonds is 4. The van der Waals surface area contributed by atoms with Crippen molar-refractivity contribution in [1.82, 2.24) is 19.7 Å². The highest BCUT2D eigenvalue weighted by atomic mass is 19.1. The summed E-state index contributed by atoms with van der Waals surface area (Å²) in [6, 6.07) is 14.9. The molecule has 1 fully saturated rings. The topological polar surface area (TPSA) is 77.3 Å². The van der Waals surface area contributed by atoms with E-state index < -0.39 is 6.10 Å². The Morgan fingerprint density at radius 3 is 2.80 bits per heavy atom. The Morgan fingerprint density at radius 1 is 1.17 bits per heavy atom. The number of hydrogen-bond acceptors (Lipinski definition) is 5. The minimum Gasteiger partial charge on any atom is -0.368 e. The molecule has 3 aromatic rings. The van der Waals surface area contributed by atoms with Gasteiger partial charge in [0.05, 0.1) is 18.8 Å². The van der Waals surface area contributed by atoms with Gasteiger partial charge in [-0.15, -0.1) is 0 Å². The van der Waals surface area contributed by atoms with Crippen molar-refractivity contribution in [3.63, 3.8) is 0 Å². The standard InChI is InChI=1S/C22H21FN4O3/c1-26-21(28)10-9-19(25-26)22(29)27-11-12-30-20(14-27)18-8-4-6-16(24-18)13-15-5-2-3-7-17(15)23/h2-10,20H,11-14H2,1H3. The van der Waals surface area contributed by atoms with Crippen molar-refractivity contribution in [2.75, 3.05) is 19.7 Å². The molecule has 1 unspecified atom stereocenters. The molecule has 1 aromatic carbocycles. The van der Waals surface area contributed by atoms with E-state index in [2.05, 4.69) is 10.1 Å². The van der Waals surface area contributed by atoms with E-state index in [1.165, 1.54) is 25.2 Å². The second-order valence-electron chi connectivity index (χ2n) is 7.11. The number of carbonyl (C=O) groups is 1. The molecule has 154 valence electrons. The van der Waals surface area contributed by atoms with Crippen LogP contribution in [0.4, 0.5) is 4.39 Å². The first kappa shape index (κ1) is 19.9. The maximum absolute atomic E-state index is 14.0. The van der Waals surface area contributed by atoms with Gasteiger partial charge in [-0.05, 0) is 29.8 Å². The second-order valence-corrected chi connectivity index (χ2v) is 7.11. The normalized spacial score (nSPS) is 16.5. The van der Waals surface area contributed by atoms with Crippen LogP contribution in [0.15, 0.2) is 59.4 Å². The van der Waals surface area contributed by atoms with Crippen LogP contribution in [0, 0.1) is 5.82 Å². The van der Waals surface area contributed by atoms with E-state index in [4.69, 9.17) is 4.74 Å². The van der Waals surface area contributed by atoms with Crippen molar-refractivity contribution < 1.29 is 13.9 Å². The molecule has 30 heavy (non-hydrogen) atoms. The van der Waals surface area contributed by atoms with E-state index in [0.29, 0.717) is 37.4 Å². The lowest BCUT2D eigenvalue weighted by Gasteiger charge is -2.32. The van der Waals surface area contributed by atoms with Gasteiger partial charge >= 0.3 is 0 Å². The zero-order valence-corrected chi connectivity index (χ0v) is 16.5. The fourth-order valence-corrected chi connectivity index (χ4v) is 3.40. The van der Waals surface area contributed by atoms with Crippen LogP contribution in [0.25, 0.3) is 0 Å². The van der Waals surface area contributed by atoms with Crippen LogP contribution < -0.4 is 5.56 Å². The molecule has 2 aromatic heterocycles. The highest BCUT2D eigenvalue weighted by molar-refractivity contribution is 5.92. The minimum atomic E-state index is -0.393. The van der Waals surface area contributed by atoms with Crippen LogP contribution in [0.2, 0.25) is 0 Å². The number of morpholine rings is 1. The van der Waals surface area contributed by atoms with E-state index in [-0.39, 0.29) is 23.0 Å². The third-order valence-corrected chi connectivity index (χ3v) is 5.02. The highest BCUT2D eigenvalue weighted by Gasteiger charge is 2.28. The van der Waals surface area contributed by atoms with Crippen molar-refractivity contribution in [2.45, 2.75) is 12.5 Å². The summed E-state index contributed by atoms with van der Waals surface area (Å²) in [5.41, 5.74) is 1.92. The maximum Gasteiger partial charge on any atom is 0.274 e. The van der Waals surface area contributed by atoms with E-state index in [9.17, 15) is 14.0 Å². The summed E-state index contributed by atoms with van der Waals surface area (Å²) in [7, 11) is 1.51. The van der Waals surface area contributed by atoms with Crippen molar-refractivity contribution in [3.8, 4) is 0 Å². The molecule has 8 heteroatoms. The number of carbonyl (C=O) groups excluding carboxylic acids is 1. The van der Waals surface area contributed by atoms with Crippen LogP contribution in [0.3, 0.4) is 0 Å². The lowest BCUT2D eigenvalue weighted by atomic mass is 10.1. The largest absolute Gasteiger partial charge is 0.368 e. The lowest BCUT2D eigenvalue weighted by Crippen LogP contribution is -2.43. The fraction of sp³-hybridized carbons (Fsp3) is 0.273. The predicted octanol–water partition coefficient (Wildman–Crippen LogP) is 2.12. The number of nitrogens with zero attached hydrogens (tertiary/aromatic N) is 4. The molecule has 4 rings (SSSR count). The van der Waals surface area contributed by atoms with Gasteiger partial charge in [-0.2, -0.15) is 5.10 Å². The van der Waals surface area contributed by atoms with Crippen LogP contribution in [0.1, 0.15) is 33.5 Å². The van der Waals surface area contributed by atoms with Crippen LogP contribution in [0.5, 0.6) is 0 Å². The molecule has 1 aliphatic rings. The van der Waals surface area contributed by atoms with Crippen molar-refractivity contribution in [3.05, 3.63) is 93.4 Å². The first-order chi connectivity index (χ1) is 14.5. The van der Waals surface area contributed by atoms with Crippen molar-refractivity contribution in [2.24, 2.45) is 7.05 Å². The molecule has 0 radical (unpaired) electrons. The average Bonchev–Trinajstić information content (AvgIpc) is 2.77. The van der Waals surface area contributed by atoms with E-state index in [0.717, 1.165) is 10.4 Å². The summed E-state index contributed by atoms with van der Waals surface area (Å²) in [6.45, 7) is 1.11. The van der Waals surface area contributed by atoms with E-state index in [1.807, 2.05) is 18.2 Å². The molecule has 0 N–H and O–H groups in total. The molecular formula is C22H21FN4O3. The molecule has 1 aliphatic heterocycles. The maximum atomic E-state index is 14.0. The van der Waals surface area contributed by atoms with Gasteiger partial charge in [0, 0.05) is 31.8 Å². The lowest BCUT2D eigenvalue weighted by molar-refractivity contribution is -0.0250. The highest BCUT2D eigenvalue weighted by Crippen LogP contribution is 2.22. The Balaban J connectivity index is 1.50. The van der Waals surface area contributed by atoms with Gasteiger partial charge < -0.3 is 9.64 Å². The van der Waals surface area contributed by atoms with Crippen LogP contribution in [-0.2, 0) is 18.2 Å². The Morgan fingerprint density at radius 2 is 2.00 bits per heavy atom. The first-order valence-corrected chi connectivity index (χ1v) is 9.66. The second kappa shape index (κ2) is 8.54. The number of aromatic nitrogens is 3. The molecule has 1 amide bonds. The van der Waals surface area contributed by atoms with Gasteiger partial charge in [0.1, 0.15) is 17.6 Å². The summed E-state index contributed by atoms with van der Waals surface area (Å²) in [5.74, 6) is -0.526. The number of hydrogen-bond donors (Lipinski definition) is 0. The summed E-state index contributed by atoms with van der Waals surface area (Å²) in [4.78, 5) is 30.6. The number of pyridine rings is 1. The van der Waals surface area contributed by atoms with Gasteiger partial charge in [0.25, 0.3) is 11.5 Å². The zero-order valence-electron chi connectivity index (χ0n) is 16.5. The predicted molar refractivity (Wildman–Crippen MR) is 108 cm³/mol. The van der Waals surface area contributed by atoms with Crippen molar-refractivity contribution >= 4 is 5.91 Å². The smallest absolute Gasteiger partial charge is 0.274 e. The third-order valence-electron chi connectivity index (χ3n) is 5.02. The molecule has 0 saturated carbocycles. The summed E-state index contributed by atoms with van der Waals surface area (Å²) in [6.07, 6.45) is -0.0199. The Labute approximate surface area is 172 Å². The van der Waals surface area contributed by atoms with Crippen LogP contribution in [-0.4, -0.2) is 45.3 Å². The summed E-state index contributed by atoms with van der Waals surface area (Å²) < 4.78 is 20.9. The quantitative estimate of drug-likeness (QED) is 0.661. The Kier molecular flexibility index (Phi) is 5.67. The molecule has 7 nitrogen and oxygen atoms in total. The average molecular weight is 408 g/mol. The summed E-state index contributed by atoms with van der Waals surface area (Å²) >= 11 is 0. The number of aryl methyl sites for hydroxylation is 1. The monoisotopic (exact) mass is 408 g/mol. The van der Waals surface area contributed by atoms with Gasteiger partial charge in [-0.3, -0.25) is 14.6 Å². The van der Waals surface area contributed by atoms with Crippen molar-refractivity contribution in [1.29, 1.82) is 0 Å². The van der Waals surface area contributed by atoms with E-state index >= 15 is 0 Å². The summed E-state index contributed by atoms with van der Waals surface area (Å²) in [5, 5.41) is 4.04. The van der Waals surface area contributed by atoms with E-state index in [1.54, 1.807) is 23.1 Å². The van der Waals surface area contributed by atoms with Crippen LogP contribution >= 0.6 is 0 Å². The Bertz CT molecular complexity index is 1130. The number of ether oxygens (including phenoxy) is 1. The number of benzene rings is 1. The molecule has 0 aliphatic carbocycles. The Hall–Kier alpha value is -3.39. The van der Waals surface area contributed by atoms with Gasteiger partial charge in [-0.25, -0.2) is 9.07 Å². The minimum absolute atomic E-state index is 0.207. The molecule has 1 saturated heterocycles. The SMILES string of the molecule is Cn1nc(C(=O)N2CCOC(c3cccc(Cc4ccccc4F)n3)C2)ccc1=O. The first-order valence-electron chi connectivity index (χ1n) is 9.66. The molecule has 3 heterocycles. The fourth-order valence-electron chi connectivity index (χ4n) is 3.40. The van der Waals surface area contributed by atoms with Gasteiger partial charge in [0.2, 0.25) is 0 Å². The molecule has 0 bridgehead atoms. The molecule has 0 spiro atoms. The van der Waals surface area contributed by atoms with Gasteiger partial charge in [-0.1, -0.05) is 24.3 Å². The number of halogens is 1. The zero-order chi connectivity index (χ0) is 21.1. The number of amides is 1. The molecular weight excluding hydrogens is 387 g/mol.